The minimum Gasteiger partial charge on any atom is -0.375 e. The molecule has 1 atom stereocenters. The van der Waals surface area contributed by atoms with Gasteiger partial charge in [-0.1, -0.05) is 12.8 Å². The van der Waals surface area contributed by atoms with Gasteiger partial charge in [0, 0.05) is 43.4 Å². The van der Waals surface area contributed by atoms with Gasteiger partial charge in [0.2, 0.25) is 0 Å². The summed E-state index contributed by atoms with van der Waals surface area (Å²) in [4.78, 5) is 12.6. The van der Waals surface area contributed by atoms with Gasteiger partial charge in [0.1, 0.15) is 0 Å². The van der Waals surface area contributed by atoms with Crippen molar-refractivity contribution in [1.29, 1.82) is 0 Å². The second-order valence-electron chi connectivity index (χ2n) is 6.86. The van der Waals surface area contributed by atoms with Gasteiger partial charge in [0.25, 0.3) is 5.91 Å². The first-order chi connectivity index (χ1) is 10.8. The highest BCUT2D eigenvalue weighted by atomic mass is 16.5. The molecule has 1 unspecified atom stereocenters. The molecule has 6 heteroatoms. The Morgan fingerprint density at radius 3 is 3.09 bits per heavy atom. The summed E-state index contributed by atoms with van der Waals surface area (Å²) in [5, 5.41) is 13.8. The molecule has 3 N–H and O–H groups in total. The Labute approximate surface area is 130 Å². The van der Waals surface area contributed by atoms with Crippen LogP contribution in [0.2, 0.25) is 0 Å². The average molecular weight is 304 g/mol. The van der Waals surface area contributed by atoms with Gasteiger partial charge in [-0.15, -0.1) is 0 Å². The smallest absolute Gasteiger partial charge is 0.272 e. The van der Waals surface area contributed by atoms with Crippen LogP contribution in [0.25, 0.3) is 0 Å². The first-order valence-corrected chi connectivity index (χ1v) is 8.47. The number of carbonyl (C=O) groups is 1. The maximum atomic E-state index is 12.6. The lowest BCUT2D eigenvalue weighted by Crippen LogP contribution is -2.47. The molecule has 4 rings (SSSR count). The number of hydrogen-bond donors (Lipinski definition) is 3. The molecule has 22 heavy (non-hydrogen) atoms. The summed E-state index contributed by atoms with van der Waals surface area (Å²) in [5.74, 6) is -0.0405. The maximum Gasteiger partial charge on any atom is 0.272 e. The largest absolute Gasteiger partial charge is 0.375 e. The van der Waals surface area contributed by atoms with Gasteiger partial charge in [-0.2, -0.15) is 5.10 Å². The zero-order valence-corrected chi connectivity index (χ0v) is 12.9. The Morgan fingerprint density at radius 1 is 1.36 bits per heavy atom. The molecule has 0 radical (unpaired) electrons. The topological polar surface area (TPSA) is 79.0 Å². The normalized spacial score (nSPS) is 26.8. The summed E-state index contributed by atoms with van der Waals surface area (Å²) in [5.41, 5.74) is 2.73. The van der Waals surface area contributed by atoms with E-state index in [4.69, 9.17) is 4.74 Å². The van der Waals surface area contributed by atoms with E-state index in [1.54, 1.807) is 0 Å². The Bertz CT molecular complexity index is 562. The van der Waals surface area contributed by atoms with E-state index < -0.39 is 0 Å². The maximum absolute atomic E-state index is 12.6. The molecule has 3 heterocycles. The number of aromatic nitrogens is 2. The predicted molar refractivity (Wildman–Crippen MR) is 81.6 cm³/mol. The molecule has 1 saturated heterocycles. The second kappa shape index (κ2) is 5.66. The number of carbonyl (C=O) groups excluding carboxylic acids is 1. The van der Waals surface area contributed by atoms with Crippen LogP contribution >= 0.6 is 0 Å². The molecule has 2 fully saturated rings. The molecular formula is C16H24N4O2. The SMILES string of the molecule is O=C(NC1CCOC2(CCCC2)C1)c1n[nH]c2c1CNCC2. The minimum atomic E-state index is -0.0405. The van der Waals surface area contributed by atoms with Crippen molar-refractivity contribution in [3.63, 3.8) is 0 Å². The summed E-state index contributed by atoms with van der Waals surface area (Å²) in [6, 6.07) is 0.211. The van der Waals surface area contributed by atoms with Gasteiger partial charge < -0.3 is 15.4 Å². The van der Waals surface area contributed by atoms with Crippen molar-refractivity contribution in [1.82, 2.24) is 20.8 Å². The van der Waals surface area contributed by atoms with Crippen LogP contribution in [0, 0.1) is 0 Å². The highest BCUT2D eigenvalue weighted by Gasteiger charge is 2.40. The van der Waals surface area contributed by atoms with Crippen molar-refractivity contribution < 1.29 is 9.53 Å². The lowest BCUT2D eigenvalue weighted by atomic mass is 9.89. The third-order valence-electron chi connectivity index (χ3n) is 5.36. The van der Waals surface area contributed by atoms with E-state index in [2.05, 4.69) is 20.8 Å². The predicted octanol–water partition coefficient (Wildman–Crippen LogP) is 1.28. The first-order valence-electron chi connectivity index (χ1n) is 8.47. The Morgan fingerprint density at radius 2 is 2.23 bits per heavy atom. The fraction of sp³-hybridized carbons (Fsp3) is 0.750. The fourth-order valence-corrected chi connectivity index (χ4v) is 4.19. The van der Waals surface area contributed by atoms with Crippen LogP contribution in [-0.2, 0) is 17.7 Å². The zero-order chi connectivity index (χ0) is 15.0. The molecule has 1 aromatic rings. The summed E-state index contributed by atoms with van der Waals surface area (Å²) < 4.78 is 6.04. The van der Waals surface area contributed by atoms with Gasteiger partial charge >= 0.3 is 0 Å². The number of H-pyrrole nitrogens is 1. The van der Waals surface area contributed by atoms with E-state index in [9.17, 15) is 4.79 Å². The lowest BCUT2D eigenvalue weighted by Gasteiger charge is -2.38. The third-order valence-corrected chi connectivity index (χ3v) is 5.36. The van der Waals surface area contributed by atoms with Crippen molar-refractivity contribution in [2.45, 2.75) is 63.1 Å². The highest BCUT2D eigenvalue weighted by molar-refractivity contribution is 5.94. The van der Waals surface area contributed by atoms with Gasteiger partial charge in [-0.3, -0.25) is 9.89 Å². The summed E-state index contributed by atoms with van der Waals surface area (Å²) in [6.07, 6.45) is 7.54. The van der Waals surface area contributed by atoms with Crippen LogP contribution in [0.5, 0.6) is 0 Å². The van der Waals surface area contributed by atoms with E-state index in [0.717, 1.165) is 63.1 Å². The summed E-state index contributed by atoms with van der Waals surface area (Å²) in [7, 11) is 0. The standard InChI is InChI=1S/C16H24N4O2/c21-15(14-12-10-17-7-3-13(12)19-20-14)18-11-4-8-22-16(9-11)5-1-2-6-16/h11,17H,1-10H2,(H,18,21)(H,19,20). The Hall–Kier alpha value is -1.40. The summed E-state index contributed by atoms with van der Waals surface area (Å²) >= 11 is 0. The molecule has 1 amide bonds. The molecule has 120 valence electrons. The van der Waals surface area contributed by atoms with Gasteiger partial charge in [-0.25, -0.2) is 0 Å². The third kappa shape index (κ3) is 2.54. The van der Waals surface area contributed by atoms with E-state index in [1.807, 2.05) is 0 Å². The molecule has 3 aliphatic rings. The van der Waals surface area contributed by atoms with Crippen LogP contribution in [0.3, 0.4) is 0 Å². The number of fused-ring (bicyclic) bond motifs is 1. The van der Waals surface area contributed by atoms with Crippen LogP contribution in [0.1, 0.15) is 60.3 Å². The van der Waals surface area contributed by atoms with E-state index in [1.165, 1.54) is 12.8 Å². The van der Waals surface area contributed by atoms with Crippen LogP contribution in [-0.4, -0.2) is 40.9 Å². The van der Waals surface area contributed by atoms with E-state index >= 15 is 0 Å². The van der Waals surface area contributed by atoms with Crippen molar-refractivity contribution in [3.8, 4) is 0 Å². The average Bonchev–Trinajstić information content (AvgIpc) is 3.14. The number of amides is 1. The van der Waals surface area contributed by atoms with Crippen LogP contribution in [0.15, 0.2) is 0 Å². The second-order valence-corrected chi connectivity index (χ2v) is 6.86. The number of aromatic amines is 1. The molecule has 0 aromatic carbocycles. The van der Waals surface area contributed by atoms with Crippen LogP contribution in [0.4, 0.5) is 0 Å². The molecule has 1 saturated carbocycles. The molecule has 1 aromatic heterocycles. The number of nitrogens with one attached hydrogen (secondary N) is 3. The molecule has 1 aliphatic carbocycles. The molecule has 1 spiro atoms. The zero-order valence-electron chi connectivity index (χ0n) is 12.9. The van der Waals surface area contributed by atoms with Crippen molar-refractivity contribution in [3.05, 3.63) is 17.0 Å². The Balaban J connectivity index is 1.44. The van der Waals surface area contributed by atoms with Gasteiger partial charge in [0.15, 0.2) is 5.69 Å². The highest BCUT2D eigenvalue weighted by Crippen LogP contribution is 2.40. The monoisotopic (exact) mass is 304 g/mol. The molecule has 6 nitrogen and oxygen atoms in total. The Kier molecular flexibility index (Phi) is 3.66. The molecular weight excluding hydrogens is 280 g/mol. The van der Waals surface area contributed by atoms with Crippen molar-refractivity contribution in [2.24, 2.45) is 0 Å². The lowest BCUT2D eigenvalue weighted by molar-refractivity contribution is -0.0823. The summed E-state index contributed by atoms with van der Waals surface area (Å²) in [6.45, 7) is 2.43. The van der Waals surface area contributed by atoms with Gasteiger partial charge in [-0.05, 0) is 25.7 Å². The first kappa shape index (κ1) is 14.2. The van der Waals surface area contributed by atoms with Crippen molar-refractivity contribution >= 4 is 5.91 Å². The molecule has 2 aliphatic heterocycles. The number of hydrogen-bond acceptors (Lipinski definition) is 4. The van der Waals surface area contributed by atoms with E-state index in [-0.39, 0.29) is 17.6 Å². The fourth-order valence-electron chi connectivity index (χ4n) is 4.19. The molecule has 0 bridgehead atoms. The van der Waals surface area contributed by atoms with E-state index in [0.29, 0.717) is 5.69 Å². The number of nitrogens with zero attached hydrogens (tertiary/aromatic N) is 1. The number of ether oxygens (including phenoxy) is 1. The van der Waals surface area contributed by atoms with Gasteiger partial charge in [0.05, 0.1) is 5.60 Å². The van der Waals surface area contributed by atoms with Crippen LogP contribution < -0.4 is 10.6 Å². The number of rotatable bonds is 2. The van der Waals surface area contributed by atoms with Crippen molar-refractivity contribution in [2.75, 3.05) is 13.2 Å². The minimum absolute atomic E-state index is 0.0305. The quantitative estimate of drug-likeness (QED) is 0.769.